The van der Waals surface area contributed by atoms with Crippen LogP contribution in [0.25, 0.3) is 10.8 Å². The van der Waals surface area contributed by atoms with Gasteiger partial charge < -0.3 is 16.0 Å². The summed E-state index contributed by atoms with van der Waals surface area (Å²) in [4.78, 5) is 25.2. The van der Waals surface area contributed by atoms with Gasteiger partial charge in [0, 0.05) is 11.4 Å². The van der Waals surface area contributed by atoms with Crippen molar-refractivity contribution in [2.45, 2.75) is 13.0 Å². The van der Waals surface area contributed by atoms with Crippen molar-refractivity contribution in [1.82, 2.24) is 10.6 Å². The lowest BCUT2D eigenvalue weighted by Crippen LogP contribution is -2.46. The largest absolute Gasteiger partial charge is 0.327 e. The third-order valence-electron chi connectivity index (χ3n) is 4.68. The second-order valence-electron chi connectivity index (χ2n) is 6.46. The summed E-state index contributed by atoms with van der Waals surface area (Å²) in [5.41, 5.74) is 2.64. The molecular weight excluding hydrogens is 338 g/mol. The number of para-hydroxylation sites is 1. The van der Waals surface area contributed by atoms with Gasteiger partial charge >= 0.3 is 6.03 Å². The normalized spacial score (nSPS) is 16.6. The van der Waals surface area contributed by atoms with Crippen molar-refractivity contribution in [1.29, 1.82) is 0 Å². The van der Waals surface area contributed by atoms with Crippen LogP contribution in [0.1, 0.15) is 18.5 Å². The van der Waals surface area contributed by atoms with Crippen molar-refractivity contribution in [3.8, 4) is 0 Å². The first-order chi connectivity index (χ1) is 13.1. The summed E-state index contributed by atoms with van der Waals surface area (Å²) in [5, 5.41) is 10.6. The molecule has 5 heteroatoms. The number of fused-ring (bicyclic) bond motifs is 1. The van der Waals surface area contributed by atoms with Gasteiger partial charge in [-0.3, -0.25) is 4.79 Å². The van der Waals surface area contributed by atoms with E-state index in [1.165, 1.54) is 0 Å². The van der Waals surface area contributed by atoms with Crippen molar-refractivity contribution in [2.24, 2.45) is 0 Å². The number of urea groups is 1. The highest BCUT2D eigenvalue weighted by atomic mass is 16.2. The minimum absolute atomic E-state index is 0.246. The molecule has 0 fully saturated rings. The lowest BCUT2D eigenvalue weighted by Gasteiger charge is -2.29. The molecule has 1 heterocycles. The number of nitrogens with one attached hydrogen (secondary N) is 3. The molecule has 27 heavy (non-hydrogen) atoms. The number of carbonyl (C=O) groups excluding carboxylic acids is 2. The molecular formula is C22H19N3O2. The Kier molecular flexibility index (Phi) is 4.34. The van der Waals surface area contributed by atoms with Crippen molar-refractivity contribution in [3.63, 3.8) is 0 Å². The number of allylic oxidation sites excluding steroid dienone is 1. The lowest BCUT2D eigenvalue weighted by molar-refractivity contribution is -0.113. The molecule has 0 radical (unpaired) electrons. The number of hydrogen-bond acceptors (Lipinski definition) is 2. The molecule has 1 aliphatic heterocycles. The number of anilines is 1. The Labute approximate surface area is 157 Å². The maximum atomic E-state index is 13.0. The van der Waals surface area contributed by atoms with Crippen molar-refractivity contribution in [3.05, 3.63) is 89.6 Å². The molecule has 0 saturated carbocycles. The Hall–Kier alpha value is -3.60. The van der Waals surface area contributed by atoms with Crippen LogP contribution >= 0.6 is 0 Å². The highest BCUT2D eigenvalue weighted by Gasteiger charge is 2.32. The summed E-state index contributed by atoms with van der Waals surface area (Å²) in [7, 11) is 0. The molecule has 1 unspecified atom stereocenters. The SMILES string of the molecule is CC1=C(C(=O)Nc2ccccc2)C(c2cccc3ccccc23)NC(=O)N1. The van der Waals surface area contributed by atoms with Gasteiger partial charge in [0.2, 0.25) is 0 Å². The smallest absolute Gasteiger partial charge is 0.319 e. The van der Waals surface area contributed by atoms with Gasteiger partial charge in [0.25, 0.3) is 5.91 Å². The molecule has 4 rings (SSSR count). The van der Waals surface area contributed by atoms with Crippen LogP contribution in [-0.2, 0) is 4.79 Å². The van der Waals surface area contributed by atoms with Crippen LogP contribution in [0.5, 0.6) is 0 Å². The van der Waals surface area contributed by atoms with Gasteiger partial charge in [-0.15, -0.1) is 0 Å². The zero-order valence-corrected chi connectivity index (χ0v) is 14.8. The average Bonchev–Trinajstić information content (AvgIpc) is 2.67. The van der Waals surface area contributed by atoms with E-state index in [1.807, 2.05) is 72.8 Å². The first-order valence-corrected chi connectivity index (χ1v) is 8.76. The first-order valence-electron chi connectivity index (χ1n) is 8.76. The Morgan fingerprint density at radius 2 is 1.63 bits per heavy atom. The van der Waals surface area contributed by atoms with E-state index in [-0.39, 0.29) is 11.9 Å². The number of hydrogen-bond donors (Lipinski definition) is 3. The Morgan fingerprint density at radius 1 is 0.926 bits per heavy atom. The van der Waals surface area contributed by atoms with E-state index in [4.69, 9.17) is 0 Å². The van der Waals surface area contributed by atoms with Crippen molar-refractivity contribution in [2.75, 3.05) is 5.32 Å². The maximum absolute atomic E-state index is 13.0. The van der Waals surface area contributed by atoms with Crippen LogP contribution in [0.15, 0.2) is 84.1 Å². The van der Waals surface area contributed by atoms with E-state index in [9.17, 15) is 9.59 Å². The molecule has 3 aromatic rings. The number of carbonyl (C=O) groups is 2. The standard InChI is InChI=1S/C22H19N3O2/c1-14-19(21(26)24-16-10-3-2-4-11-16)20(25-22(27)23-14)18-13-7-9-15-8-5-6-12-17(15)18/h2-13,20H,1H3,(H,24,26)(H2,23,25,27). The fraction of sp³-hybridized carbons (Fsp3) is 0.0909. The average molecular weight is 357 g/mol. The summed E-state index contributed by atoms with van der Waals surface area (Å²) < 4.78 is 0. The summed E-state index contributed by atoms with van der Waals surface area (Å²) in [6.07, 6.45) is 0. The van der Waals surface area contributed by atoms with Crippen LogP contribution in [0, 0.1) is 0 Å². The summed E-state index contributed by atoms with van der Waals surface area (Å²) in [5.74, 6) is -0.246. The van der Waals surface area contributed by atoms with Crippen LogP contribution in [0.3, 0.4) is 0 Å². The van der Waals surface area contributed by atoms with E-state index in [0.29, 0.717) is 17.0 Å². The Bertz CT molecular complexity index is 1050. The minimum Gasteiger partial charge on any atom is -0.327 e. The summed E-state index contributed by atoms with van der Waals surface area (Å²) in [6, 6.07) is 22.3. The van der Waals surface area contributed by atoms with E-state index < -0.39 is 6.04 Å². The van der Waals surface area contributed by atoms with Crippen LogP contribution in [0.4, 0.5) is 10.5 Å². The number of benzene rings is 3. The van der Waals surface area contributed by atoms with Crippen molar-refractivity contribution >= 4 is 28.4 Å². The van der Waals surface area contributed by atoms with Gasteiger partial charge in [-0.25, -0.2) is 4.79 Å². The molecule has 3 N–H and O–H groups in total. The van der Waals surface area contributed by atoms with Crippen LogP contribution in [-0.4, -0.2) is 11.9 Å². The van der Waals surface area contributed by atoms with E-state index in [2.05, 4.69) is 16.0 Å². The van der Waals surface area contributed by atoms with Gasteiger partial charge in [-0.2, -0.15) is 0 Å². The molecule has 0 saturated heterocycles. The molecule has 5 nitrogen and oxygen atoms in total. The van der Waals surface area contributed by atoms with Gasteiger partial charge in [0.1, 0.15) is 0 Å². The fourth-order valence-corrected chi connectivity index (χ4v) is 3.45. The second-order valence-corrected chi connectivity index (χ2v) is 6.46. The molecule has 1 aliphatic rings. The van der Waals surface area contributed by atoms with Gasteiger partial charge in [-0.05, 0) is 35.4 Å². The van der Waals surface area contributed by atoms with E-state index in [1.54, 1.807) is 6.92 Å². The number of rotatable bonds is 3. The molecule has 0 bridgehead atoms. The molecule has 0 spiro atoms. The zero-order chi connectivity index (χ0) is 18.8. The van der Waals surface area contributed by atoms with Gasteiger partial charge in [-0.1, -0.05) is 60.7 Å². The highest BCUT2D eigenvalue weighted by Crippen LogP contribution is 2.32. The Morgan fingerprint density at radius 3 is 2.44 bits per heavy atom. The fourth-order valence-electron chi connectivity index (χ4n) is 3.45. The third kappa shape index (κ3) is 3.27. The van der Waals surface area contributed by atoms with E-state index >= 15 is 0 Å². The van der Waals surface area contributed by atoms with Crippen molar-refractivity contribution < 1.29 is 9.59 Å². The van der Waals surface area contributed by atoms with Crippen LogP contribution in [0.2, 0.25) is 0 Å². The predicted octanol–water partition coefficient (Wildman–Crippen LogP) is 4.11. The molecule has 134 valence electrons. The molecule has 3 amide bonds. The van der Waals surface area contributed by atoms with E-state index in [0.717, 1.165) is 16.3 Å². The third-order valence-corrected chi connectivity index (χ3v) is 4.68. The predicted molar refractivity (Wildman–Crippen MR) is 106 cm³/mol. The lowest BCUT2D eigenvalue weighted by atomic mass is 9.91. The van der Waals surface area contributed by atoms with Crippen LogP contribution < -0.4 is 16.0 Å². The molecule has 3 aromatic carbocycles. The number of amides is 3. The topological polar surface area (TPSA) is 70.2 Å². The summed E-state index contributed by atoms with van der Waals surface area (Å²) >= 11 is 0. The molecule has 1 atom stereocenters. The monoisotopic (exact) mass is 357 g/mol. The maximum Gasteiger partial charge on any atom is 0.319 e. The highest BCUT2D eigenvalue weighted by molar-refractivity contribution is 6.07. The Balaban J connectivity index is 1.78. The van der Waals surface area contributed by atoms with Gasteiger partial charge in [0.05, 0.1) is 11.6 Å². The quantitative estimate of drug-likeness (QED) is 0.660. The van der Waals surface area contributed by atoms with Gasteiger partial charge in [0.15, 0.2) is 0 Å². The molecule has 0 aromatic heterocycles. The molecule has 0 aliphatic carbocycles. The minimum atomic E-state index is -0.534. The first kappa shape index (κ1) is 16.8. The second kappa shape index (κ2) is 6.96. The zero-order valence-electron chi connectivity index (χ0n) is 14.8. The summed E-state index contributed by atoms with van der Waals surface area (Å²) in [6.45, 7) is 1.75.